The van der Waals surface area contributed by atoms with Crippen molar-refractivity contribution in [2.75, 3.05) is 0 Å². The summed E-state index contributed by atoms with van der Waals surface area (Å²) in [4.78, 5) is 0. The number of hydrogen-bond donors (Lipinski definition) is 1. The molecule has 0 amide bonds. The lowest BCUT2D eigenvalue weighted by atomic mass is 10.1. The molecule has 0 saturated heterocycles. The van der Waals surface area contributed by atoms with Crippen molar-refractivity contribution >= 4 is 0 Å². The Labute approximate surface area is 78.6 Å². The van der Waals surface area contributed by atoms with E-state index in [0.29, 0.717) is 5.56 Å². The van der Waals surface area contributed by atoms with E-state index in [1.54, 1.807) is 0 Å². The first-order chi connectivity index (χ1) is 6.49. The molecule has 1 heterocycles. The average Bonchev–Trinajstić information content (AvgIpc) is 2.14. The van der Waals surface area contributed by atoms with E-state index in [-0.39, 0.29) is 6.42 Å². The van der Waals surface area contributed by atoms with Crippen molar-refractivity contribution in [2.24, 2.45) is 0 Å². The molecule has 1 N–H and O–H groups in total. The Morgan fingerprint density at radius 2 is 2.07 bits per heavy atom. The van der Waals surface area contributed by atoms with E-state index < -0.39 is 18.7 Å². The van der Waals surface area contributed by atoms with Crippen molar-refractivity contribution in [1.82, 2.24) is 10.2 Å². The van der Waals surface area contributed by atoms with Gasteiger partial charge in [-0.05, 0) is 12.5 Å². The maximum absolute atomic E-state index is 11.8. The van der Waals surface area contributed by atoms with Crippen LogP contribution in [-0.2, 0) is 0 Å². The van der Waals surface area contributed by atoms with Crippen molar-refractivity contribution < 1.29 is 18.3 Å². The van der Waals surface area contributed by atoms with Gasteiger partial charge in [-0.15, -0.1) is 0 Å². The van der Waals surface area contributed by atoms with Crippen LogP contribution in [0.25, 0.3) is 0 Å². The van der Waals surface area contributed by atoms with Gasteiger partial charge in [0, 0.05) is 18.2 Å². The molecule has 6 heteroatoms. The van der Waals surface area contributed by atoms with E-state index in [9.17, 15) is 18.3 Å². The molecule has 0 aliphatic heterocycles. The Morgan fingerprint density at radius 3 is 2.57 bits per heavy atom. The number of halogens is 3. The zero-order chi connectivity index (χ0) is 10.6. The van der Waals surface area contributed by atoms with Crippen molar-refractivity contribution in [3.05, 3.63) is 24.0 Å². The molecule has 0 fully saturated rings. The van der Waals surface area contributed by atoms with Crippen molar-refractivity contribution in [3.8, 4) is 0 Å². The second-order valence-electron chi connectivity index (χ2n) is 2.85. The predicted molar refractivity (Wildman–Crippen MR) is 42.3 cm³/mol. The minimum absolute atomic E-state index is 0.351. The van der Waals surface area contributed by atoms with Gasteiger partial charge in [0.1, 0.15) is 0 Å². The molecule has 0 aliphatic carbocycles. The van der Waals surface area contributed by atoms with Crippen LogP contribution in [0.5, 0.6) is 0 Å². The summed E-state index contributed by atoms with van der Waals surface area (Å²) < 4.78 is 35.4. The summed E-state index contributed by atoms with van der Waals surface area (Å²) in [6, 6.07) is 1.44. The van der Waals surface area contributed by atoms with Gasteiger partial charge in [-0.2, -0.15) is 23.4 Å². The summed E-state index contributed by atoms with van der Waals surface area (Å²) in [5, 5.41) is 16.2. The third-order valence-corrected chi connectivity index (χ3v) is 1.69. The lowest BCUT2D eigenvalue weighted by molar-refractivity contribution is -0.140. The van der Waals surface area contributed by atoms with Gasteiger partial charge in [-0.3, -0.25) is 0 Å². The van der Waals surface area contributed by atoms with E-state index in [1.807, 2.05) is 0 Å². The van der Waals surface area contributed by atoms with Crippen molar-refractivity contribution in [2.45, 2.75) is 25.1 Å². The number of aliphatic hydroxyl groups excluding tert-OH is 1. The molecular weight excluding hydrogens is 197 g/mol. The van der Waals surface area contributed by atoms with E-state index in [4.69, 9.17) is 0 Å². The summed E-state index contributed by atoms with van der Waals surface area (Å²) in [6.45, 7) is 0. The molecule has 0 radical (unpaired) electrons. The molecule has 1 aromatic rings. The van der Waals surface area contributed by atoms with Gasteiger partial charge in [0.05, 0.1) is 12.3 Å². The van der Waals surface area contributed by atoms with Gasteiger partial charge in [-0.25, -0.2) is 0 Å². The first-order valence-electron chi connectivity index (χ1n) is 4.00. The second-order valence-corrected chi connectivity index (χ2v) is 2.85. The predicted octanol–water partition coefficient (Wildman–Crippen LogP) is 1.85. The van der Waals surface area contributed by atoms with Gasteiger partial charge in [-0.1, -0.05) is 0 Å². The summed E-state index contributed by atoms with van der Waals surface area (Å²) >= 11 is 0. The number of alkyl halides is 3. The highest BCUT2D eigenvalue weighted by molar-refractivity contribution is 5.08. The van der Waals surface area contributed by atoms with Crippen LogP contribution in [0.4, 0.5) is 13.2 Å². The molecule has 1 atom stereocenters. The third kappa shape index (κ3) is 3.69. The highest BCUT2D eigenvalue weighted by atomic mass is 19.4. The van der Waals surface area contributed by atoms with Crippen LogP contribution in [0, 0.1) is 0 Å². The van der Waals surface area contributed by atoms with Crippen LogP contribution in [0.2, 0.25) is 0 Å². The third-order valence-electron chi connectivity index (χ3n) is 1.69. The fraction of sp³-hybridized carbons (Fsp3) is 0.500. The topological polar surface area (TPSA) is 46.0 Å². The zero-order valence-electron chi connectivity index (χ0n) is 7.20. The number of rotatable bonds is 3. The smallest absolute Gasteiger partial charge is 0.388 e. The molecule has 0 saturated carbocycles. The average molecular weight is 206 g/mol. The molecule has 1 rings (SSSR count). The molecule has 1 aromatic heterocycles. The minimum Gasteiger partial charge on any atom is -0.388 e. The summed E-state index contributed by atoms with van der Waals surface area (Å²) in [5.41, 5.74) is 0.351. The Bertz CT molecular complexity index is 276. The number of aliphatic hydroxyl groups is 1. The minimum atomic E-state index is -4.23. The fourth-order valence-corrected chi connectivity index (χ4v) is 0.965. The maximum Gasteiger partial charge on any atom is 0.389 e. The zero-order valence-corrected chi connectivity index (χ0v) is 7.20. The Kier molecular flexibility index (Phi) is 3.40. The molecule has 0 spiro atoms. The van der Waals surface area contributed by atoms with Crippen molar-refractivity contribution in [1.29, 1.82) is 0 Å². The summed E-state index contributed by atoms with van der Waals surface area (Å²) in [5.74, 6) is 0. The maximum atomic E-state index is 11.8. The van der Waals surface area contributed by atoms with Crippen LogP contribution in [-0.4, -0.2) is 21.5 Å². The molecular formula is C8H9F3N2O. The van der Waals surface area contributed by atoms with E-state index in [1.165, 1.54) is 18.5 Å². The fourth-order valence-electron chi connectivity index (χ4n) is 0.965. The van der Waals surface area contributed by atoms with E-state index in [2.05, 4.69) is 10.2 Å². The van der Waals surface area contributed by atoms with Crippen LogP contribution < -0.4 is 0 Å². The van der Waals surface area contributed by atoms with Crippen molar-refractivity contribution in [3.63, 3.8) is 0 Å². The first kappa shape index (κ1) is 10.9. The van der Waals surface area contributed by atoms with Crippen LogP contribution in [0.1, 0.15) is 24.5 Å². The lowest BCUT2D eigenvalue weighted by Crippen LogP contribution is -2.10. The van der Waals surface area contributed by atoms with Crippen LogP contribution >= 0.6 is 0 Å². The van der Waals surface area contributed by atoms with Crippen LogP contribution in [0.3, 0.4) is 0 Å². The quantitative estimate of drug-likeness (QED) is 0.820. The van der Waals surface area contributed by atoms with Gasteiger partial charge < -0.3 is 5.11 Å². The number of hydrogen-bond acceptors (Lipinski definition) is 3. The van der Waals surface area contributed by atoms with Gasteiger partial charge in [0.15, 0.2) is 0 Å². The first-order valence-corrected chi connectivity index (χ1v) is 4.00. The van der Waals surface area contributed by atoms with Gasteiger partial charge in [0.25, 0.3) is 0 Å². The number of nitrogens with zero attached hydrogens (tertiary/aromatic N) is 2. The summed E-state index contributed by atoms with van der Waals surface area (Å²) in [7, 11) is 0. The molecule has 0 bridgehead atoms. The molecule has 0 aromatic carbocycles. The van der Waals surface area contributed by atoms with Gasteiger partial charge in [0.2, 0.25) is 0 Å². The standard InChI is InChI=1S/C8H9F3N2O/c9-8(10,11)3-1-7(14)6-2-4-12-13-5-6/h2,4-5,7,14H,1,3H2. The van der Waals surface area contributed by atoms with E-state index in [0.717, 1.165) is 0 Å². The Balaban J connectivity index is 2.48. The number of aromatic nitrogens is 2. The molecule has 14 heavy (non-hydrogen) atoms. The van der Waals surface area contributed by atoms with Gasteiger partial charge >= 0.3 is 6.18 Å². The SMILES string of the molecule is OC(CCC(F)(F)F)c1ccnnc1. The molecule has 78 valence electrons. The Hall–Kier alpha value is -1.17. The monoisotopic (exact) mass is 206 g/mol. The Morgan fingerprint density at radius 1 is 1.36 bits per heavy atom. The lowest BCUT2D eigenvalue weighted by Gasteiger charge is -2.11. The highest BCUT2D eigenvalue weighted by Crippen LogP contribution is 2.26. The molecule has 1 unspecified atom stereocenters. The summed E-state index contributed by atoms with van der Waals surface area (Å²) in [6.07, 6.45) is -4.15. The molecule has 3 nitrogen and oxygen atoms in total. The largest absolute Gasteiger partial charge is 0.389 e. The second kappa shape index (κ2) is 4.36. The van der Waals surface area contributed by atoms with Crippen LogP contribution in [0.15, 0.2) is 18.5 Å². The molecule has 0 aliphatic rings. The van der Waals surface area contributed by atoms with E-state index >= 15 is 0 Å². The normalized spacial score (nSPS) is 14.0. The highest BCUT2D eigenvalue weighted by Gasteiger charge is 2.28.